The average Bonchev–Trinajstić information content (AvgIpc) is 2.59. The van der Waals surface area contributed by atoms with E-state index in [0.717, 1.165) is 5.56 Å². The molecule has 1 amide bonds. The molecule has 2 aromatic carbocycles. The zero-order valence-electron chi connectivity index (χ0n) is 15.2. The molecule has 27 heavy (non-hydrogen) atoms. The van der Waals surface area contributed by atoms with Gasteiger partial charge >= 0.3 is 6.09 Å². The standard InChI is InChI=1S/C20H19Cl2N3O2/c1-20(2,3)27-19(26)25(12-13-8-10-14(21)11-9-13)17-15-6-4-5-7-16(15)23-18(22)24-17/h4-11H,12H2,1-3H3. The number of anilines is 1. The number of nitrogens with zero attached hydrogens (tertiary/aromatic N) is 3. The fraction of sp³-hybridized carbons (Fsp3) is 0.250. The van der Waals surface area contributed by atoms with Crippen molar-refractivity contribution >= 4 is 46.0 Å². The minimum atomic E-state index is -0.651. The molecule has 0 aliphatic heterocycles. The molecule has 3 aromatic rings. The Morgan fingerprint density at radius 3 is 2.37 bits per heavy atom. The monoisotopic (exact) mass is 403 g/mol. The molecule has 0 atom stereocenters. The van der Waals surface area contributed by atoms with Gasteiger partial charge in [-0.1, -0.05) is 35.9 Å². The lowest BCUT2D eigenvalue weighted by molar-refractivity contribution is 0.0577. The van der Waals surface area contributed by atoms with Gasteiger partial charge < -0.3 is 4.74 Å². The minimum absolute atomic E-state index is 0.0633. The number of amides is 1. The van der Waals surface area contributed by atoms with Crippen LogP contribution in [0.15, 0.2) is 48.5 Å². The van der Waals surface area contributed by atoms with Crippen molar-refractivity contribution in [3.8, 4) is 0 Å². The summed E-state index contributed by atoms with van der Waals surface area (Å²) in [7, 11) is 0. The van der Waals surface area contributed by atoms with E-state index in [4.69, 9.17) is 27.9 Å². The van der Waals surface area contributed by atoms with Gasteiger partial charge in [-0.05, 0) is 62.2 Å². The van der Waals surface area contributed by atoms with Gasteiger partial charge in [-0.25, -0.2) is 9.78 Å². The largest absolute Gasteiger partial charge is 0.443 e. The first-order chi connectivity index (χ1) is 12.7. The average molecular weight is 404 g/mol. The lowest BCUT2D eigenvalue weighted by Crippen LogP contribution is -2.37. The number of ether oxygens (including phenoxy) is 1. The fourth-order valence-corrected chi connectivity index (χ4v) is 2.85. The van der Waals surface area contributed by atoms with Gasteiger partial charge in [0.25, 0.3) is 0 Å². The van der Waals surface area contributed by atoms with Gasteiger partial charge in [0.05, 0.1) is 12.1 Å². The molecule has 0 bridgehead atoms. The molecule has 5 nitrogen and oxygen atoms in total. The summed E-state index contributed by atoms with van der Waals surface area (Å²) in [6.45, 7) is 5.70. The number of halogens is 2. The van der Waals surface area contributed by atoms with Crippen LogP contribution in [-0.4, -0.2) is 21.7 Å². The van der Waals surface area contributed by atoms with E-state index in [9.17, 15) is 4.79 Å². The summed E-state index contributed by atoms with van der Waals surface area (Å²) in [5.41, 5.74) is 0.878. The summed E-state index contributed by atoms with van der Waals surface area (Å²) >= 11 is 12.1. The number of hydrogen-bond donors (Lipinski definition) is 0. The lowest BCUT2D eigenvalue weighted by atomic mass is 10.2. The van der Waals surface area contributed by atoms with Crippen LogP contribution in [0.2, 0.25) is 10.3 Å². The number of fused-ring (bicyclic) bond motifs is 1. The molecular formula is C20H19Cl2N3O2. The van der Waals surface area contributed by atoms with Crippen LogP contribution in [0.1, 0.15) is 26.3 Å². The summed E-state index contributed by atoms with van der Waals surface area (Å²) in [5.74, 6) is 0.398. The molecule has 0 fully saturated rings. The molecule has 0 spiro atoms. The molecule has 0 aliphatic rings. The van der Waals surface area contributed by atoms with E-state index in [-0.39, 0.29) is 11.8 Å². The van der Waals surface area contributed by atoms with Gasteiger partial charge in [0, 0.05) is 10.4 Å². The maximum absolute atomic E-state index is 13.0. The van der Waals surface area contributed by atoms with E-state index in [1.165, 1.54) is 4.90 Å². The molecule has 0 aliphatic carbocycles. The second kappa shape index (κ2) is 7.71. The summed E-state index contributed by atoms with van der Waals surface area (Å²) in [6, 6.07) is 14.6. The summed E-state index contributed by atoms with van der Waals surface area (Å²) in [5, 5.41) is 1.40. The molecule has 3 rings (SSSR count). The van der Waals surface area contributed by atoms with Gasteiger partial charge in [0.15, 0.2) is 5.82 Å². The highest BCUT2D eigenvalue weighted by molar-refractivity contribution is 6.30. The van der Waals surface area contributed by atoms with Gasteiger partial charge in [-0.3, -0.25) is 4.90 Å². The van der Waals surface area contributed by atoms with E-state index >= 15 is 0 Å². The maximum Gasteiger partial charge on any atom is 0.416 e. The van der Waals surface area contributed by atoms with Crippen molar-refractivity contribution in [2.75, 3.05) is 4.90 Å². The number of para-hydroxylation sites is 1. The molecule has 7 heteroatoms. The maximum atomic E-state index is 13.0. The predicted octanol–water partition coefficient (Wildman–Crippen LogP) is 5.88. The first-order valence-electron chi connectivity index (χ1n) is 8.40. The Balaban J connectivity index is 2.09. The van der Waals surface area contributed by atoms with Gasteiger partial charge in [0.1, 0.15) is 5.60 Å². The smallest absolute Gasteiger partial charge is 0.416 e. The van der Waals surface area contributed by atoms with Crippen molar-refractivity contribution in [2.24, 2.45) is 0 Å². The summed E-state index contributed by atoms with van der Waals surface area (Å²) in [6.07, 6.45) is -0.516. The van der Waals surface area contributed by atoms with E-state index < -0.39 is 11.7 Å². The molecule has 0 unspecified atom stereocenters. The first-order valence-corrected chi connectivity index (χ1v) is 9.16. The highest BCUT2D eigenvalue weighted by atomic mass is 35.5. The van der Waals surface area contributed by atoms with E-state index in [1.807, 2.05) is 57.2 Å². The summed E-state index contributed by atoms with van der Waals surface area (Å²) < 4.78 is 5.60. The van der Waals surface area contributed by atoms with Crippen LogP contribution in [0.4, 0.5) is 10.6 Å². The number of benzene rings is 2. The fourth-order valence-electron chi connectivity index (χ4n) is 2.55. The zero-order chi connectivity index (χ0) is 19.6. The van der Waals surface area contributed by atoms with Crippen LogP contribution in [0.25, 0.3) is 10.9 Å². The molecule has 0 saturated heterocycles. The third kappa shape index (κ3) is 4.87. The number of hydrogen-bond acceptors (Lipinski definition) is 4. The molecule has 1 aromatic heterocycles. The van der Waals surface area contributed by atoms with Crippen molar-refractivity contribution in [3.05, 3.63) is 64.4 Å². The van der Waals surface area contributed by atoms with Crippen LogP contribution in [-0.2, 0) is 11.3 Å². The Labute approximate surface area is 167 Å². The normalized spacial score (nSPS) is 11.4. The molecule has 0 saturated carbocycles. The van der Waals surface area contributed by atoms with Gasteiger partial charge in [-0.15, -0.1) is 0 Å². The number of carbonyl (C=O) groups excluding carboxylic acids is 1. The van der Waals surface area contributed by atoms with E-state index in [2.05, 4.69) is 9.97 Å². The number of aromatic nitrogens is 2. The SMILES string of the molecule is CC(C)(C)OC(=O)N(Cc1ccc(Cl)cc1)c1nc(Cl)nc2ccccc12. The second-order valence-electron chi connectivity index (χ2n) is 7.03. The predicted molar refractivity (Wildman–Crippen MR) is 108 cm³/mol. The first kappa shape index (κ1) is 19.4. The van der Waals surface area contributed by atoms with Crippen molar-refractivity contribution in [3.63, 3.8) is 0 Å². The Kier molecular flexibility index (Phi) is 5.53. The third-order valence-corrected chi connectivity index (χ3v) is 4.10. The lowest BCUT2D eigenvalue weighted by Gasteiger charge is -2.27. The molecule has 0 N–H and O–H groups in total. The third-order valence-electron chi connectivity index (χ3n) is 3.68. The summed E-state index contributed by atoms with van der Waals surface area (Å²) in [4.78, 5) is 23.0. The van der Waals surface area contributed by atoms with Crippen molar-refractivity contribution in [1.82, 2.24) is 9.97 Å². The van der Waals surface area contributed by atoms with Gasteiger partial charge in [0.2, 0.25) is 5.28 Å². The van der Waals surface area contributed by atoms with Crippen LogP contribution in [0.3, 0.4) is 0 Å². The second-order valence-corrected chi connectivity index (χ2v) is 7.80. The zero-order valence-corrected chi connectivity index (χ0v) is 16.8. The van der Waals surface area contributed by atoms with Gasteiger partial charge in [-0.2, -0.15) is 4.98 Å². The molecule has 0 radical (unpaired) electrons. The Morgan fingerprint density at radius 1 is 1.04 bits per heavy atom. The van der Waals surface area contributed by atoms with Crippen LogP contribution in [0, 0.1) is 0 Å². The number of rotatable bonds is 3. The van der Waals surface area contributed by atoms with Crippen molar-refractivity contribution in [1.29, 1.82) is 0 Å². The van der Waals surface area contributed by atoms with Crippen LogP contribution < -0.4 is 4.90 Å². The van der Waals surface area contributed by atoms with Crippen molar-refractivity contribution in [2.45, 2.75) is 32.9 Å². The Hall–Kier alpha value is -2.37. The molecule has 140 valence electrons. The topological polar surface area (TPSA) is 55.3 Å². The van der Waals surface area contributed by atoms with Crippen LogP contribution >= 0.6 is 23.2 Å². The number of carbonyl (C=O) groups is 1. The van der Waals surface area contributed by atoms with Crippen molar-refractivity contribution < 1.29 is 9.53 Å². The highest BCUT2D eigenvalue weighted by Gasteiger charge is 2.26. The van der Waals surface area contributed by atoms with Crippen LogP contribution in [0.5, 0.6) is 0 Å². The quantitative estimate of drug-likeness (QED) is 0.512. The highest BCUT2D eigenvalue weighted by Crippen LogP contribution is 2.28. The van der Waals surface area contributed by atoms with E-state index in [0.29, 0.717) is 21.7 Å². The molecule has 1 heterocycles. The molecular weight excluding hydrogens is 385 g/mol. The minimum Gasteiger partial charge on any atom is -0.443 e. The van der Waals surface area contributed by atoms with E-state index in [1.54, 1.807) is 12.1 Å². The Bertz CT molecular complexity index is 969. The Morgan fingerprint density at radius 2 is 1.70 bits per heavy atom.